The van der Waals surface area contributed by atoms with Crippen LogP contribution in [-0.2, 0) is 4.79 Å². The predicted molar refractivity (Wildman–Crippen MR) is 90.6 cm³/mol. The molecule has 0 radical (unpaired) electrons. The van der Waals surface area contributed by atoms with Crippen LogP contribution >= 0.6 is 0 Å². The molecule has 1 aliphatic heterocycles. The van der Waals surface area contributed by atoms with Gasteiger partial charge in [0.05, 0.1) is 0 Å². The summed E-state index contributed by atoms with van der Waals surface area (Å²) in [5, 5.41) is 4.04. The lowest BCUT2D eigenvalue weighted by atomic mass is 10.1. The van der Waals surface area contributed by atoms with Gasteiger partial charge in [-0.25, -0.2) is 4.39 Å². The summed E-state index contributed by atoms with van der Waals surface area (Å²) in [6, 6.07) is 13.8. The van der Waals surface area contributed by atoms with Crippen LogP contribution in [0, 0.1) is 12.7 Å². The maximum atomic E-state index is 13.4. The van der Waals surface area contributed by atoms with E-state index in [0.29, 0.717) is 23.9 Å². The Labute approximate surface area is 144 Å². The summed E-state index contributed by atoms with van der Waals surface area (Å²) in [6.45, 7) is 2.42. The van der Waals surface area contributed by atoms with Gasteiger partial charge in [-0.1, -0.05) is 28.9 Å². The molecule has 0 aliphatic carbocycles. The first-order valence-electron chi connectivity index (χ1n) is 8.07. The van der Waals surface area contributed by atoms with Gasteiger partial charge >= 0.3 is 0 Å². The number of hydrogen-bond acceptors (Lipinski definition) is 4. The quantitative estimate of drug-likeness (QED) is 0.731. The van der Waals surface area contributed by atoms with E-state index in [2.05, 4.69) is 10.1 Å². The molecule has 0 N–H and O–H groups in total. The summed E-state index contributed by atoms with van der Waals surface area (Å²) in [4.78, 5) is 18.3. The van der Waals surface area contributed by atoms with Crippen molar-refractivity contribution >= 4 is 11.6 Å². The normalized spacial score (nSPS) is 17.3. The van der Waals surface area contributed by atoms with E-state index in [1.54, 1.807) is 17.0 Å². The number of nitrogens with zero attached hydrogens (tertiary/aromatic N) is 3. The summed E-state index contributed by atoms with van der Waals surface area (Å²) in [5.74, 6) is 0.334. The van der Waals surface area contributed by atoms with Crippen molar-refractivity contribution in [3.05, 3.63) is 65.7 Å². The number of halogens is 1. The molecule has 5 nitrogen and oxygen atoms in total. The van der Waals surface area contributed by atoms with Crippen LogP contribution < -0.4 is 4.90 Å². The Bertz CT molecular complexity index is 920. The van der Waals surface area contributed by atoms with Crippen molar-refractivity contribution in [3.63, 3.8) is 0 Å². The average molecular weight is 337 g/mol. The fourth-order valence-electron chi connectivity index (χ4n) is 2.99. The Kier molecular flexibility index (Phi) is 3.80. The molecule has 0 spiro atoms. The van der Waals surface area contributed by atoms with Gasteiger partial charge < -0.3 is 9.42 Å². The molecule has 1 aliphatic rings. The minimum Gasteiger partial charge on any atom is -0.334 e. The maximum Gasteiger partial charge on any atom is 0.257 e. The summed E-state index contributed by atoms with van der Waals surface area (Å²) >= 11 is 0. The van der Waals surface area contributed by atoms with Crippen LogP contribution in [0.25, 0.3) is 11.5 Å². The highest BCUT2D eigenvalue weighted by Gasteiger charge is 2.34. The van der Waals surface area contributed by atoms with Gasteiger partial charge in [0.15, 0.2) is 5.82 Å². The number of anilines is 1. The minimum atomic E-state index is -0.366. The van der Waals surface area contributed by atoms with Crippen LogP contribution in [-0.4, -0.2) is 22.6 Å². The molecule has 4 rings (SSSR count). The largest absolute Gasteiger partial charge is 0.334 e. The number of hydrogen-bond donors (Lipinski definition) is 0. The predicted octanol–water partition coefficient (Wildman–Crippen LogP) is 3.70. The summed E-state index contributed by atoms with van der Waals surface area (Å²) < 4.78 is 18.8. The van der Waals surface area contributed by atoms with E-state index >= 15 is 0 Å². The molecule has 2 heterocycles. The van der Waals surface area contributed by atoms with E-state index in [9.17, 15) is 9.18 Å². The topological polar surface area (TPSA) is 59.2 Å². The third-order valence-corrected chi connectivity index (χ3v) is 4.35. The average Bonchev–Trinajstić information content (AvgIpc) is 3.22. The van der Waals surface area contributed by atoms with Gasteiger partial charge in [0, 0.05) is 30.1 Å². The number of carbonyl (C=O) groups is 1. The molecule has 0 bridgehead atoms. The van der Waals surface area contributed by atoms with E-state index in [0.717, 1.165) is 11.1 Å². The number of amides is 1. The molecule has 0 saturated carbocycles. The zero-order chi connectivity index (χ0) is 17.4. The van der Waals surface area contributed by atoms with Crippen LogP contribution in [0.2, 0.25) is 0 Å². The second-order valence-corrected chi connectivity index (χ2v) is 6.21. The first-order chi connectivity index (χ1) is 12.1. The molecule has 1 amide bonds. The SMILES string of the molecule is Cc1ccc(-c2nc(C3CC(=O)N(c4cccc(F)c4)C3)no2)cc1. The monoisotopic (exact) mass is 337 g/mol. The van der Waals surface area contributed by atoms with Gasteiger partial charge in [0.25, 0.3) is 5.89 Å². The van der Waals surface area contributed by atoms with Crippen molar-refractivity contribution in [1.29, 1.82) is 0 Å². The third kappa shape index (κ3) is 3.03. The van der Waals surface area contributed by atoms with Gasteiger partial charge in [-0.05, 0) is 37.3 Å². The number of carbonyl (C=O) groups excluding carboxylic acids is 1. The molecule has 126 valence electrons. The summed E-state index contributed by atoms with van der Waals surface area (Å²) in [5.41, 5.74) is 2.54. The van der Waals surface area contributed by atoms with Gasteiger partial charge in [-0.2, -0.15) is 4.98 Å². The molecule has 2 aromatic carbocycles. The lowest BCUT2D eigenvalue weighted by Gasteiger charge is -2.15. The van der Waals surface area contributed by atoms with E-state index in [-0.39, 0.29) is 24.1 Å². The van der Waals surface area contributed by atoms with Crippen LogP contribution in [0.3, 0.4) is 0 Å². The fourth-order valence-corrected chi connectivity index (χ4v) is 2.99. The highest BCUT2D eigenvalue weighted by Crippen LogP contribution is 2.31. The first-order valence-corrected chi connectivity index (χ1v) is 8.07. The number of aromatic nitrogens is 2. The molecule has 1 fully saturated rings. The second-order valence-electron chi connectivity index (χ2n) is 6.21. The van der Waals surface area contributed by atoms with Crippen LogP contribution in [0.15, 0.2) is 53.1 Å². The lowest BCUT2D eigenvalue weighted by molar-refractivity contribution is -0.117. The molecule has 6 heteroatoms. The molecule has 1 unspecified atom stereocenters. The standard InChI is InChI=1S/C19H16FN3O2/c1-12-5-7-13(8-6-12)19-21-18(22-25-19)14-9-17(24)23(11-14)16-4-2-3-15(20)10-16/h2-8,10,14H,9,11H2,1H3. The van der Waals surface area contributed by atoms with E-state index in [1.807, 2.05) is 31.2 Å². The van der Waals surface area contributed by atoms with Crippen molar-refractivity contribution in [2.45, 2.75) is 19.3 Å². The van der Waals surface area contributed by atoms with Crippen molar-refractivity contribution in [3.8, 4) is 11.5 Å². The Morgan fingerprint density at radius 2 is 2.00 bits per heavy atom. The van der Waals surface area contributed by atoms with Crippen molar-refractivity contribution in [2.24, 2.45) is 0 Å². The molecule has 1 saturated heterocycles. The second kappa shape index (κ2) is 6.12. The van der Waals surface area contributed by atoms with E-state index in [1.165, 1.54) is 12.1 Å². The zero-order valence-corrected chi connectivity index (χ0v) is 13.6. The Hall–Kier alpha value is -3.02. The fraction of sp³-hybridized carbons (Fsp3) is 0.211. The Balaban J connectivity index is 1.55. The molecule has 1 atom stereocenters. The molecule has 1 aromatic heterocycles. The smallest absolute Gasteiger partial charge is 0.257 e. The van der Waals surface area contributed by atoms with Crippen molar-refractivity contribution < 1.29 is 13.7 Å². The van der Waals surface area contributed by atoms with Gasteiger partial charge in [0.1, 0.15) is 5.82 Å². The molecular weight excluding hydrogens is 321 g/mol. The van der Waals surface area contributed by atoms with Gasteiger partial charge in [-0.15, -0.1) is 0 Å². The number of aryl methyl sites for hydroxylation is 1. The summed E-state index contributed by atoms with van der Waals surface area (Å²) in [7, 11) is 0. The van der Waals surface area contributed by atoms with Crippen LogP contribution in [0.1, 0.15) is 23.7 Å². The van der Waals surface area contributed by atoms with E-state index in [4.69, 9.17) is 4.52 Å². The maximum absolute atomic E-state index is 13.4. The minimum absolute atomic E-state index is 0.0720. The highest BCUT2D eigenvalue weighted by atomic mass is 19.1. The Morgan fingerprint density at radius 1 is 1.20 bits per heavy atom. The molecule has 3 aromatic rings. The van der Waals surface area contributed by atoms with Crippen LogP contribution in [0.4, 0.5) is 10.1 Å². The first kappa shape index (κ1) is 15.5. The molecular formula is C19H16FN3O2. The van der Waals surface area contributed by atoms with Gasteiger partial charge in [0.2, 0.25) is 5.91 Å². The third-order valence-electron chi connectivity index (χ3n) is 4.35. The van der Waals surface area contributed by atoms with Gasteiger partial charge in [-0.3, -0.25) is 4.79 Å². The van der Waals surface area contributed by atoms with Crippen LogP contribution in [0.5, 0.6) is 0 Å². The van der Waals surface area contributed by atoms with E-state index < -0.39 is 0 Å². The zero-order valence-electron chi connectivity index (χ0n) is 13.6. The number of rotatable bonds is 3. The lowest BCUT2D eigenvalue weighted by Crippen LogP contribution is -2.24. The van der Waals surface area contributed by atoms with Crippen molar-refractivity contribution in [2.75, 3.05) is 11.4 Å². The number of benzene rings is 2. The van der Waals surface area contributed by atoms with Crippen molar-refractivity contribution in [1.82, 2.24) is 10.1 Å². The summed E-state index contributed by atoms with van der Waals surface area (Å²) in [6.07, 6.45) is 0.281. The molecule has 25 heavy (non-hydrogen) atoms. The highest BCUT2D eigenvalue weighted by molar-refractivity contribution is 5.96. The Morgan fingerprint density at radius 3 is 2.76 bits per heavy atom.